The highest BCUT2D eigenvalue weighted by molar-refractivity contribution is 5.65. The van der Waals surface area contributed by atoms with Gasteiger partial charge in [0.05, 0.1) is 17.9 Å². The van der Waals surface area contributed by atoms with Gasteiger partial charge < -0.3 is 20.1 Å². The van der Waals surface area contributed by atoms with Crippen LogP contribution in [0.5, 0.6) is 5.75 Å². The van der Waals surface area contributed by atoms with Crippen molar-refractivity contribution in [2.45, 2.75) is 45.4 Å². The summed E-state index contributed by atoms with van der Waals surface area (Å²) in [7, 11) is 0. The summed E-state index contributed by atoms with van der Waals surface area (Å²) in [6, 6.07) is 12.2. The summed E-state index contributed by atoms with van der Waals surface area (Å²) in [5, 5.41) is 13.2. The Balaban J connectivity index is 1.67. The van der Waals surface area contributed by atoms with Crippen LogP contribution in [0.2, 0.25) is 0 Å². The monoisotopic (exact) mass is 341 g/mol. The number of nitrogens with zero attached hydrogens (tertiary/aromatic N) is 2. The maximum absolute atomic E-state index is 9.71. The zero-order chi connectivity index (χ0) is 17.6. The quantitative estimate of drug-likeness (QED) is 0.843. The summed E-state index contributed by atoms with van der Waals surface area (Å²) in [5.74, 6) is 1.86. The van der Waals surface area contributed by atoms with Crippen LogP contribution in [0.4, 0.5) is 11.5 Å². The topological polar surface area (TPSA) is 57.6 Å². The predicted molar refractivity (Wildman–Crippen MR) is 101 cm³/mol. The lowest BCUT2D eigenvalue weighted by Gasteiger charge is -2.31. The summed E-state index contributed by atoms with van der Waals surface area (Å²) in [4.78, 5) is 6.80. The Labute approximate surface area is 149 Å². The Bertz CT molecular complexity index is 682. The van der Waals surface area contributed by atoms with Gasteiger partial charge in [0, 0.05) is 25.8 Å². The molecule has 1 aromatic carbocycles. The number of benzene rings is 1. The molecule has 0 aliphatic carbocycles. The van der Waals surface area contributed by atoms with Gasteiger partial charge in [0.1, 0.15) is 5.75 Å². The predicted octanol–water partition coefficient (Wildman–Crippen LogP) is 3.44. The maximum atomic E-state index is 9.71. The van der Waals surface area contributed by atoms with Gasteiger partial charge in [0.15, 0.2) is 5.82 Å². The molecule has 2 heterocycles. The highest BCUT2D eigenvalue weighted by atomic mass is 16.5. The third-order valence-electron chi connectivity index (χ3n) is 4.30. The van der Waals surface area contributed by atoms with E-state index in [1.165, 1.54) is 5.56 Å². The zero-order valence-electron chi connectivity index (χ0n) is 15.0. The molecule has 1 aliphatic heterocycles. The molecule has 2 N–H and O–H groups in total. The van der Waals surface area contributed by atoms with Gasteiger partial charge >= 0.3 is 0 Å². The number of piperidine rings is 1. The second-order valence-electron chi connectivity index (χ2n) is 6.76. The summed E-state index contributed by atoms with van der Waals surface area (Å²) < 4.78 is 5.76. The summed E-state index contributed by atoms with van der Waals surface area (Å²) in [6.07, 6.45) is 3.40. The van der Waals surface area contributed by atoms with Crippen molar-refractivity contribution in [2.24, 2.45) is 0 Å². The molecule has 25 heavy (non-hydrogen) atoms. The molecule has 0 spiro atoms. The van der Waals surface area contributed by atoms with Crippen molar-refractivity contribution in [1.29, 1.82) is 0 Å². The average molecular weight is 341 g/mol. The van der Waals surface area contributed by atoms with Gasteiger partial charge in [-0.1, -0.05) is 12.1 Å². The van der Waals surface area contributed by atoms with E-state index in [0.29, 0.717) is 6.54 Å². The fraction of sp³-hybridized carbons (Fsp3) is 0.450. The van der Waals surface area contributed by atoms with Crippen molar-refractivity contribution < 1.29 is 9.84 Å². The fourth-order valence-corrected chi connectivity index (χ4v) is 3.06. The number of aliphatic hydroxyl groups is 1. The first kappa shape index (κ1) is 17.5. The number of anilines is 2. The van der Waals surface area contributed by atoms with Crippen LogP contribution in [0.1, 0.15) is 32.3 Å². The van der Waals surface area contributed by atoms with Crippen molar-refractivity contribution in [1.82, 2.24) is 4.98 Å². The van der Waals surface area contributed by atoms with E-state index in [4.69, 9.17) is 4.74 Å². The Morgan fingerprint density at radius 3 is 2.80 bits per heavy atom. The molecule has 5 nitrogen and oxygen atoms in total. The number of pyridine rings is 1. The van der Waals surface area contributed by atoms with Gasteiger partial charge in [-0.05, 0) is 56.5 Å². The van der Waals surface area contributed by atoms with E-state index in [1.54, 1.807) is 0 Å². The molecular weight excluding hydrogens is 314 g/mol. The van der Waals surface area contributed by atoms with Gasteiger partial charge in [0.25, 0.3) is 0 Å². The van der Waals surface area contributed by atoms with Crippen LogP contribution in [0.25, 0.3) is 0 Å². The number of hydrogen-bond donors (Lipinski definition) is 2. The molecule has 1 aromatic heterocycles. The van der Waals surface area contributed by atoms with Crippen LogP contribution in [-0.4, -0.2) is 35.4 Å². The highest BCUT2D eigenvalue weighted by Gasteiger charge is 2.20. The number of nitrogens with one attached hydrogen (secondary N) is 1. The Morgan fingerprint density at radius 1 is 1.24 bits per heavy atom. The zero-order valence-corrected chi connectivity index (χ0v) is 15.0. The third-order valence-corrected chi connectivity index (χ3v) is 4.30. The van der Waals surface area contributed by atoms with E-state index in [-0.39, 0.29) is 12.2 Å². The van der Waals surface area contributed by atoms with E-state index >= 15 is 0 Å². The largest absolute Gasteiger partial charge is 0.491 e. The molecule has 0 atom stereocenters. The van der Waals surface area contributed by atoms with Crippen molar-refractivity contribution in [3.05, 3.63) is 48.2 Å². The first-order chi connectivity index (χ1) is 12.1. The minimum absolute atomic E-state index is 0.169. The number of hydrogen-bond acceptors (Lipinski definition) is 5. The van der Waals surface area contributed by atoms with Crippen molar-refractivity contribution in [2.75, 3.05) is 23.3 Å². The Kier molecular flexibility index (Phi) is 5.76. The molecule has 1 saturated heterocycles. The van der Waals surface area contributed by atoms with Crippen LogP contribution in [-0.2, 0) is 6.54 Å². The first-order valence-corrected chi connectivity index (χ1v) is 8.99. The second-order valence-corrected chi connectivity index (χ2v) is 6.76. The number of rotatable bonds is 6. The van der Waals surface area contributed by atoms with Gasteiger partial charge in [-0.3, -0.25) is 0 Å². The lowest BCUT2D eigenvalue weighted by Crippen LogP contribution is -2.36. The van der Waals surface area contributed by atoms with Crippen LogP contribution in [0.3, 0.4) is 0 Å². The Morgan fingerprint density at radius 2 is 2.04 bits per heavy atom. The minimum atomic E-state index is -0.180. The van der Waals surface area contributed by atoms with Crippen LogP contribution < -0.4 is 15.0 Å². The second kappa shape index (κ2) is 8.21. The molecule has 5 heteroatoms. The minimum Gasteiger partial charge on any atom is -0.491 e. The average Bonchev–Trinajstić information content (AvgIpc) is 2.61. The molecule has 1 fully saturated rings. The first-order valence-electron chi connectivity index (χ1n) is 8.99. The molecule has 0 bridgehead atoms. The number of aliphatic hydroxyl groups excluding tert-OH is 1. The molecule has 3 rings (SSSR count). The Hall–Kier alpha value is -2.27. The van der Waals surface area contributed by atoms with Gasteiger partial charge in [0.2, 0.25) is 0 Å². The van der Waals surface area contributed by atoms with Gasteiger partial charge in [-0.2, -0.15) is 0 Å². The van der Waals surface area contributed by atoms with Crippen molar-refractivity contribution in [3.63, 3.8) is 0 Å². The fourth-order valence-electron chi connectivity index (χ4n) is 3.06. The van der Waals surface area contributed by atoms with Crippen LogP contribution >= 0.6 is 0 Å². The summed E-state index contributed by atoms with van der Waals surface area (Å²) >= 11 is 0. The SMILES string of the molecule is CC(C)Oc1cccc(CNc2cccnc2N2CCC(O)CC2)c1. The van der Waals surface area contributed by atoms with E-state index in [1.807, 2.05) is 38.2 Å². The van der Waals surface area contributed by atoms with E-state index in [9.17, 15) is 5.11 Å². The molecular formula is C20H27N3O2. The molecule has 0 saturated carbocycles. The van der Waals surface area contributed by atoms with E-state index < -0.39 is 0 Å². The van der Waals surface area contributed by atoms with E-state index in [0.717, 1.165) is 43.2 Å². The lowest BCUT2D eigenvalue weighted by molar-refractivity contribution is 0.145. The smallest absolute Gasteiger partial charge is 0.151 e. The van der Waals surface area contributed by atoms with Gasteiger partial charge in [-0.15, -0.1) is 0 Å². The maximum Gasteiger partial charge on any atom is 0.151 e. The summed E-state index contributed by atoms with van der Waals surface area (Å²) in [6.45, 7) is 6.45. The third kappa shape index (κ3) is 4.86. The van der Waals surface area contributed by atoms with Crippen LogP contribution in [0.15, 0.2) is 42.6 Å². The highest BCUT2D eigenvalue weighted by Crippen LogP contribution is 2.26. The number of ether oxygens (including phenoxy) is 1. The molecule has 0 unspecified atom stereocenters. The molecule has 1 aliphatic rings. The summed E-state index contributed by atoms with van der Waals surface area (Å²) in [5.41, 5.74) is 2.19. The normalized spacial score (nSPS) is 15.4. The standard InChI is InChI=1S/C20H27N3O2/c1-15(2)25-18-6-3-5-16(13-18)14-22-19-7-4-10-21-20(19)23-11-8-17(24)9-12-23/h3-7,10,13,15,17,22,24H,8-9,11-12,14H2,1-2H3. The van der Waals surface area contributed by atoms with Crippen LogP contribution in [0, 0.1) is 0 Å². The lowest BCUT2D eigenvalue weighted by atomic mass is 10.1. The number of aromatic nitrogens is 1. The van der Waals surface area contributed by atoms with Crippen molar-refractivity contribution in [3.8, 4) is 5.75 Å². The van der Waals surface area contributed by atoms with Gasteiger partial charge in [-0.25, -0.2) is 4.98 Å². The van der Waals surface area contributed by atoms with E-state index in [2.05, 4.69) is 33.4 Å². The molecule has 2 aromatic rings. The molecule has 0 amide bonds. The molecule has 134 valence electrons. The van der Waals surface area contributed by atoms with Crippen molar-refractivity contribution >= 4 is 11.5 Å². The molecule has 0 radical (unpaired) electrons.